The first kappa shape index (κ1) is 24.3. The van der Waals surface area contributed by atoms with E-state index in [0.717, 1.165) is 41.4 Å². The summed E-state index contributed by atoms with van der Waals surface area (Å²) in [5.74, 6) is -0.527. The minimum absolute atomic E-state index is 0.125. The average molecular weight is 496 g/mol. The number of amides is 1. The van der Waals surface area contributed by atoms with Crippen molar-refractivity contribution >= 4 is 45.7 Å². The highest BCUT2D eigenvalue weighted by atomic mass is 32.2. The van der Waals surface area contributed by atoms with E-state index in [9.17, 15) is 9.59 Å². The maximum atomic E-state index is 13.2. The molecule has 34 heavy (non-hydrogen) atoms. The van der Waals surface area contributed by atoms with E-state index in [4.69, 9.17) is 10.5 Å². The summed E-state index contributed by atoms with van der Waals surface area (Å²) in [5, 5.41) is 3.32. The van der Waals surface area contributed by atoms with Gasteiger partial charge in [-0.25, -0.2) is 4.79 Å². The van der Waals surface area contributed by atoms with Crippen molar-refractivity contribution in [2.75, 3.05) is 24.7 Å². The minimum Gasteiger partial charge on any atom is -0.465 e. The van der Waals surface area contributed by atoms with E-state index >= 15 is 0 Å². The molecule has 3 N–H and O–H groups in total. The Morgan fingerprint density at radius 2 is 2.00 bits per heavy atom. The summed E-state index contributed by atoms with van der Waals surface area (Å²) >= 11 is 2.96. The fourth-order valence-corrected chi connectivity index (χ4v) is 6.41. The van der Waals surface area contributed by atoms with Crippen molar-refractivity contribution in [3.63, 3.8) is 0 Å². The highest BCUT2D eigenvalue weighted by Crippen LogP contribution is 2.39. The monoisotopic (exact) mass is 495 g/mol. The molecule has 0 aliphatic carbocycles. The zero-order valence-electron chi connectivity index (χ0n) is 19.4. The van der Waals surface area contributed by atoms with E-state index in [1.807, 2.05) is 49.4 Å². The Bertz CT molecular complexity index is 1160. The number of thioether (sulfide) groups is 1. The molecule has 1 aliphatic rings. The molecule has 4 rings (SSSR count). The minimum atomic E-state index is -0.402. The lowest BCUT2D eigenvalue weighted by Crippen LogP contribution is -2.30. The third-order valence-corrected chi connectivity index (χ3v) is 8.30. The van der Waals surface area contributed by atoms with E-state index in [2.05, 4.69) is 22.3 Å². The number of nitrogens with two attached hydrogens (primary N) is 1. The topological polar surface area (TPSA) is 84.7 Å². The van der Waals surface area contributed by atoms with E-state index in [1.54, 1.807) is 0 Å². The van der Waals surface area contributed by atoms with Gasteiger partial charge in [0.1, 0.15) is 5.00 Å². The van der Waals surface area contributed by atoms with Gasteiger partial charge in [0, 0.05) is 35.1 Å². The van der Waals surface area contributed by atoms with Crippen LogP contribution in [0.1, 0.15) is 39.7 Å². The van der Waals surface area contributed by atoms with Crippen LogP contribution in [0.25, 0.3) is 0 Å². The van der Waals surface area contributed by atoms with Crippen LogP contribution in [0.3, 0.4) is 0 Å². The lowest BCUT2D eigenvalue weighted by molar-refractivity contribution is -0.115. The summed E-state index contributed by atoms with van der Waals surface area (Å²) in [6, 6.07) is 17.9. The van der Waals surface area contributed by atoms with Gasteiger partial charge in [0.05, 0.1) is 17.9 Å². The Labute approximate surface area is 208 Å². The van der Waals surface area contributed by atoms with Crippen molar-refractivity contribution in [1.82, 2.24) is 4.90 Å². The summed E-state index contributed by atoms with van der Waals surface area (Å²) in [5.41, 5.74) is 9.31. The SMILES string of the molecule is CCC(Sc1cccc(N)c1)C(=O)Nc1sc2c(c1C(=O)OC)CCN(Cc1ccccc1)C2. The number of methoxy groups -OCH3 is 1. The van der Waals surface area contributed by atoms with E-state index in [0.29, 0.717) is 22.7 Å². The van der Waals surface area contributed by atoms with Crippen LogP contribution in [-0.4, -0.2) is 35.7 Å². The number of nitrogens with one attached hydrogen (secondary N) is 1. The molecule has 1 amide bonds. The van der Waals surface area contributed by atoms with Crippen molar-refractivity contribution in [2.45, 2.75) is 43.0 Å². The first-order valence-corrected chi connectivity index (χ1v) is 13.0. The number of ether oxygens (including phenoxy) is 1. The number of fused-ring (bicyclic) bond motifs is 1. The third kappa shape index (κ3) is 5.63. The van der Waals surface area contributed by atoms with E-state index in [-0.39, 0.29) is 11.2 Å². The standard InChI is InChI=1S/C26H29N3O3S2/c1-3-21(33-19-11-7-10-18(27)14-19)24(30)28-25-23(26(31)32-2)20-12-13-29(16-22(20)34-25)15-17-8-5-4-6-9-17/h4-11,14,21H,3,12-13,15-16,27H2,1-2H3,(H,28,30). The number of anilines is 2. The van der Waals surface area contributed by atoms with Crippen LogP contribution in [0.4, 0.5) is 10.7 Å². The number of hydrogen-bond acceptors (Lipinski definition) is 7. The molecule has 0 spiro atoms. The summed E-state index contributed by atoms with van der Waals surface area (Å²) < 4.78 is 5.08. The zero-order valence-corrected chi connectivity index (χ0v) is 21.0. The molecule has 8 heteroatoms. The normalized spacial score (nSPS) is 14.3. The number of benzene rings is 2. The van der Waals surface area contributed by atoms with Gasteiger partial charge in [0.15, 0.2) is 0 Å². The fourth-order valence-electron chi connectivity index (χ4n) is 4.11. The summed E-state index contributed by atoms with van der Waals surface area (Å²) in [6.07, 6.45) is 1.39. The molecular formula is C26H29N3O3S2. The van der Waals surface area contributed by atoms with Gasteiger partial charge in [-0.15, -0.1) is 23.1 Å². The molecule has 1 aliphatic heterocycles. The molecule has 3 aromatic rings. The Morgan fingerprint density at radius 3 is 2.71 bits per heavy atom. The Kier molecular flexibility index (Phi) is 7.92. The predicted octanol–water partition coefficient (Wildman–Crippen LogP) is 5.18. The number of rotatable bonds is 8. The third-order valence-electron chi connectivity index (χ3n) is 5.81. The number of carbonyl (C=O) groups is 2. The fraction of sp³-hybridized carbons (Fsp3) is 0.308. The van der Waals surface area contributed by atoms with Gasteiger partial charge in [0.25, 0.3) is 0 Å². The Balaban J connectivity index is 1.53. The van der Waals surface area contributed by atoms with Gasteiger partial charge in [-0.2, -0.15) is 0 Å². The van der Waals surface area contributed by atoms with Crippen molar-refractivity contribution in [3.8, 4) is 0 Å². The number of nitrogens with zero attached hydrogens (tertiary/aromatic N) is 1. The largest absolute Gasteiger partial charge is 0.465 e. The predicted molar refractivity (Wildman–Crippen MR) is 139 cm³/mol. The van der Waals surface area contributed by atoms with Crippen molar-refractivity contribution < 1.29 is 14.3 Å². The first-order valence-electron chi connectivity index (χ1n) is 11.3. The molecule has 0 saturated heterocycles. The molecule has 6 nitrogen and oxygen atoms in total. The van der Waals surface area contributed by atoms with E-state index in [1.165, 1.54) is 35.8 Å². The van der Waals surface area contributed by atoms with Crippen LogP contribution in [-0.2, 0) is 29.0 Å². The van der Waals surface area contributed by atoms with E-state index < -0.39 is 5.97 Å². The van der Waals surface area contributed by atoms with Gasteiger partial charge >= 0.3 is 5.97 Å². The number of thiophene rings is 1. The smallest absolute Gasteiger partial charge is 0.341 e. The lowest BCUT2D eigenvalue weighted by Gasteiger charge is -2.27. The second kappa shape index (κ2) is 11.1. The van der Waals surface area contributed by atoms with Gasteiger partial charge in [-0.3, -0.25) is 9.69 Å². The Hall–Kier alpha value is -2.81. The molecule has 1 aromatic heterocycles. The maximum absolute atomic E-state index is 13.2. The average Bonchev–Trinajstić information content (AvgIpc) is 3.19. The summed E-state index contributed by atoms with van der Waals surface area (Å²) in [7, 11) is 1.38. The highest BCUT2D eigenvalue weighted by Gasteiger charge is 2.30. The Morgan fingerprint density at radius 1 is 1.21 bits per heavy atom. The van der Waals surface area contributed by atoms with Crippen LogP contribution < -0.4 is 11.1 Å². The molecule has 0 radical (unpaired) electrons. The molecular weight excluding hydrogens is 466 g/mol. The van der Waals surface area contributed by atoms with Crippen LogP contribution in [0.15, 0.2) is 59.5 Å². The van der Waals surface area contributed by atoms with Crippen LogP contribution >= 0.6 is 23.1 Å². The molecule has 2 aromatic carbocycles. The van der Waals surface area contributed by atoms with Crippen LogP contribution in [0, 0.1) is 0 Å². The van der Waals surface area contributed by atoms with Crippen molar-refractivity contribution in [1.29, 1.82) is 0 Å². The van der Waals surface area contributed by atoms with Gasteiger partial charge in [0.2, 0.25) is 5.91 Å². The first-order chi connectivity index (χ1) is 16.5. The number of carbonyl (C=O) groups excluding carboxylic acids is 2. The molecule has 0 fully saturated rings. The molecule has 1 unspecified atom stereocenters. The summed E-state index contributed by atoms with van der Waals surface area (Å²) in [4.78, 5) is 30.3. The van der Waals surface area contributed by atoms with Crippen LogP contribution in [0.2, 0.25) is 0 Å². The summed E-state index contributed by atoms with van der Waals surface area (Å²) in [6.45, 7) is 4.41. The van der Waals surface area contributed by atoms with Gasteiger partial charge in [-0.1, -0.05) is 43.3 Å². The van der Waals surface area contributed by atoms with Crippen molar-refractivity contribution in [2.24, 2.45) is 0 Å². The molecule has 2 heterocycles. The second-order valence-corrected chi connectivity index (χ2v) is 10.6. The quantitative estimate of drug-likeness (QED) is 0.254. The highest BCUT2D eigenvalue weighted by molar-refractivity contribution is 8.00. The molecule has 0 saturated carbocycles. The van der Waals surface area contributed by atoms with Crippen molar-refractivity contribution in [3.05, 3.63) is 76.2 Å². The van der Waals surface area contributed by atoms with Gasteiger partial charge in [-0.05, 0) is 42.2 Å². The van der Waals surface area contributed by atoms with Crippen LogP contribution in [0.5, 0.6) is 0 Å². The second-order valence-electron chi connectivity index (χ2n) is 8.22. The zero-order chi connectivity index (χ0) is 24.1. The molecule has 178 valence electrons. The molecule has 0 bridgehead atoms. The lowest BCUT2D eigenvalue weighted by atomic mass is 10.0. The van der Waals surface area contributed by atoms with Gasteiger partial charge < -0.3 is 15.8 Å². The number of nitrogen functional groups attached to an aromatic ring is 1. The maximum Gasteiger partial charge on any atom is 0.341 e. The molecule has 1 atom stereocenters. The number of hydrogen-bond donors (Lipinski definition) is 2. The number of esters is 1.